The molecular weight excluding hydrogens is 443 g/mol. The first-order valence-electron chi connectivity index (χ1n) is 8.94. The van der Waals surface area contributed by atoms with Crippen LogP contribution in [0.2, 0.25) is 0 Å². The Morgan fingerprint density at radius 1 is 1.31 bits per heavy atom. The molecule has 0 bridgehead atoms. The maximum absolute atomic E-state index is 11.9. The highest BCUT2D eigenvalue weighted by atomic mass is 127. The van der Waals surface area contributed by atoms with Crippen LogP contribution < -0.4 is 10.6 Å². The van der Waals surface area contributed by atoms with Crippen LogP contribution in [0.4, 0.5) is 4.79 Å². The molecule has 1 fully saturated rings. The lowest BCUT2D eigenvalue weighted by Gasteiger charge is -2.23. The average molecular weight is 474 g/mol. The largest absolute Gasteiger partial charge is 0.444 e. The number of amides is 1. The molecule has 0 spiro atoms. The van der Waals surface area contributed by atoms with Crippen LogP contribution in [0.15, 0.2) is 35.3 Å². The topological polar surface area (TPSA) is 66.0 Å². The second-order valence-corrected chi connectivity index (χ2v) is 7.23. The maximum Gasteiger partial charge on any atom is 0.407 e. The SMILES string of the molecule is CCNC(=NCc1ccccc1)N1CCC(NC(=O)OC(C)(C)C)C1.I. The maximum atomic E-state index is 11.9. The number of guanidine groups is 1. The monoisotopic (exact) mass is 474 g/mol. The number of hydrogen-bond donors (Lipinski definition) is 2. The fourth-order valence-electron chi connectivity index (χ4n) is 2.72. The molecule has 7 heteroatoms. The quantitative estimate of drug-likeness (QED) is 0.399. The van der Waals surface area contributed by atoms with Crippen molar-refractivity contribution in [2.75, 3.05) is 19.6 Å². The number of likely N-dealkylation sites (tertiary alicyclic amines) is 1. The zero-order valence-corrected chi connectivity index (χ0v) is 18.4. The third kappa shape index (κ3) is 7.80. The number of halogens is 1. The van der Waals surface area contributed by atoms with Crippen molar-refractivity contribution in [3.63, 3.8) is 0 Å². The van der Waals surface area contributed by atoms with Crippen molar-refractivity contribution in [2.24, 2.45) is 4.99 Å². The minimum Gasteiger partial charge on any atom is -0.444 e. The van der Waals surface area contributed by atoms with E-state index in [9.17, 15) is 4.79 Å². The predicted octanol–water partition coefficient (Wildman–Crippen LogP) is 3.37. The number of nitrogens with one attached hydrogen (secondary N) is 2. The van der Waals surface area contributed by atoms with Gasteiger partial charge in [-0.1, -0.05) is 30.3 Å². The van der Waals surface area contributed by atoms with Gasteiger partial charge in [-0.05, 0) is 39.7 Å². The molecule has 1 amide bonds. The average Bonchev–Trinajstić information content (AvgIpc) is 2.98. The van der Waals surface area contributed by atoms with Crippen LogP contribution in [0, 0.1) is 0 Å². The van der Waals surface area contributed by atoms with Gasteiger partial charge in [0.05, 0.1) is 12.6 Å². The highest BCUT2D eigenvalue weighted by molar-refractivity contribution is 14.0. The minimum atomic E-state index is -0.478. The summed E-state index contributed by atoms with van der Waals surface area (Å²) in [6, 6.07) is 10.3. The summed E-state index contributed by atoms with van der Waals surface area (Å²) in [6.45, 7) is 10.7. The molecule has 1 aliphatic heterocycles. The van der Waals surface area contributed by atoms with Gasteiger partial charge in [0.2, 0.25) is 0 Å². The molecule has 6 nitrogen and oxygen atoms in total. The van der Waals surface area contributed by atoms with Crippen molar-refractivity contribution in [3.05, 3.63) is 35.9 Å². The van der Waals surface area contributed by atoms with Crippen LogP contribution in [-0.2, 0) is 11.3 Å². The van der Waals surface area contributed by atoms with Gasteiger partial charge in [-0.2, -0.15) is 0 Å². The molecule has 1 unspecified atom stereocenters. The van der Waals surface area contributed by atoms with E-state index in [2.05, 4.69) is 34.6 Å². The Kier molecular flexibility index (Phi) is 9.18. The number of hydrogen-bond acceptors (Lipinski definition) is 3. The molecule has 1 aliphatic rings. The molecule has 146 valence electrons. The van der Waals surface area contributed by atoms with Gasteiger partial charge in [0.25, 0.3) is 0 Å². The summed E-state index contributed by atoms with van der Waals surface area (Å²) >= 11 is 0. The van der Waals surface area contributed by atoms with Crippen LogP contribution in [-0.4, -0.2) is 48.2 Å². The van der Waals surface area contributed by atoms with Gasteiger partial charge in [-0.25, -0.2) is 9.79 Å². The molecule has 1 atom stereocenters. The van der Waals surface area contributed by atoms with E-state index in [0.717, 1.165) is 32.0 Å². The number of carbonyl (C=O) groups excluding carboxylic acids is 1. The lowest BCUT2D eigenvalue weighted by Crippen LogP contribution is -2.44. The van der Waals surface area contributed by atoms with E-state index in [1.807, 2.05) is 39.0 Å². The molecule has 0 radical (unpaired) electrons. The lowest BCUT2D eigenvalue weighted by atomic mass is 10.2. The third-order valence-electron chi connectivity index (χ3n) is 3.80. The van der Waals surface area contributed by atoms with Crippen LogP contribution >= 0.6 is 24.0 Å². The summed E-state index contributed by atoms with van der Waals surface area (Å²) < 4.78 is 5.33. The Morgan fingerprint density at radius 2 is 2.00 bits per heavy atom. The molecule has 2 rings (SSSR count). The van der Waals surface area contributed by atoms with Gasteiger partial charge in [-0.15, -0.1) is 24.0 Å². The van der Waals surface area contributed by atoms with Gasteiger partial charge in [-0.3, -0.25) is 0 Å². The number of nitrogens with zero attached hydrogens (tertiary/aromatic N) is 2. The zero-order valence-electron chi connectivity index (χ0n) is 16.1. The second-order valence-electron chi connectivity index (χ2n) is 7.23. The van der Waals surface area contributed by atoms with Crippen molar-refractivity contribution in [1.29, 1.82) is 0 Å². The summed E-state index contributed by atoms with van der Waals surface area (Å²) in [4.78, 5) is 18.8. The number of carbonyl (C=O) groups is 1. The van der Waals surface area contributed by atoms with Crippen molar-refractivity contribution < 1.29 is 9.53 Å². The Labute approximate surface area is 173 Å². The Morgan fingerprint density at radius 3 is 2.62 bits per heavy atom. The van der Waals surface area contributed by atoms with E-state index < -0.39 is 5.60 Å². The van der Waals surface area contributed by atoms with E-state index in [4.69, 9.17) is 9.73 Å². The molecule has 0 aromatic heterocycles. The summed E-state index contributed by atoms with van der Waals surface area (Å²) in [5.41, 5.74) is 0.703. The first-order chi connectivity index (χ1) is 11.9. The lowest BCUT2D eigenvalue weighted by molar-refractivity contribution is 0.0507. The minimum absolute atomic E-state index is 0. The first kappa shape index (κ1) is 22.5. The van der Waals surface area contributed by atoms with Gasteiger partial charge < -0.3 is 20.3 Å². The Bertz CT molecular complexity index is 587. The van der Waals surface area contributed by atoms with Crippen molar-refractivity contribution in [1.82, 2.24) is 15.5 Å². The molecule has 0 saturated carbocycles. The molecule has 1 heterocycles. The molecule has 2 N–H and O–H groups in total. The number of alkyl carbamates (subject to hydrolysis) is 1. The summed E-state index contributed by atoms with van der Waals surface area (Å²) in [5, 5.41) is 6.29. The molecule has 1 aromatic rings. The number of aliphatic imine (C=N–C) groups is 1. The van der Waals surface area contributed by atoms with Crippen LogP contribution in [0.5, 0.6) is 0 Å². The zero-order chi connectivity index (χ0) is 18.3. The highest BCUT2D eigenvalue weighted by Gasteiger charge is 2.27. The molecular formula is C19H31IN4O2. The van der Waals surface area contributed by atoms with Crippen LogP contribution in [0.3, 0.4) is 0 Å². The van der Waals surface area contributed by atoms with E-state index >= 15 is 0 Å². The van der Waals surface area contributed by atoms with Crippen molar-refractivity contribution >= 4 is 36.0 Å². The number of benzene rings is 1. The predicted molar refractivity (Wildman–Crippen MR) is 116 cm³/mol. The molecule has 1 saturated heterocycles. The molecule has 26 heavy (non-hydrogen) atoms. The fraction of sp³-hybridized carbons (Fsp3) is 0.579. The second kappa shape index (κ2) is 10.6. The van der Waals surface area contributed by atoms with Gasteiger partial charge in [0, 0.05) is 19.6 Å². The number of ether oxygens (including phenoxy) is 1. The molecule has 1 aromatic carbocycles. The fourth-order valence-corrected chi connectivity index (χ4v) is 2.72. The summed E-state index contributed by atoms with van der Waals surface area (Å²) in [6.07, 6.45) is 0.528. The van der Waals surface area contributed by atoms with E-state index in [0.29, 0.717) is 6.54 Å². The van der Waals surface area contributed by atoms with Crippen molar-refractivity contribution in [2.45, 2.75) is 52.3 Å². The number of rotatable bonds is 4. The molecule has 0 aliphatic carbocycles. The van der Waals surface area contributed by atoms with Crippen molar-refractivity contribution in [3.8, 4) is 0 Å². The Hall–Kier alpha value is -1.51. The third-order valence-corrected chi connectivity index (χ3v) is 3.80. The van der Waals surface area contributed by atoms with Gasteiger partial charge in [0.15, 0.2) is 5.96 Å². The van der Waals surface area contributed by atoms with Crippen LogP contribution in [0.25, 0.3) is 0 Å². The normalized spacial score (nSPS) is 17.5. The van der Waals surface area contributed by atoms with E-state index in [1.165, 1.54) is 5.56 Å². The van der Waals surface area contributed by atoms with E-state index in [-0.39, 0.29) is 36.1 Å². The standard InChI is InChI=1S/C19H30N4O2.HI/c1-5-20-17(21-13-15-9-7-6-8-10-15)23-12-11-16(14-23)22-18(24)25-19(2,3)4;/h6-10,16H,5,11-14H2,1-4H3,(H,20,21)(H,22,24);1H. The first-order valence-corrected chi connectivity index (χ1v) is 8.94. The smallest absolute Gasteiger partial charge is 0.407 e. The van der Waals surface area contributed by atoms with Crippen LogP contribution in [0.1, 0.15) is 39.7 Å². The highest BCUT2D eigenvalue weighted by Crippen LogP contribution is 2.12. The van der Waals surface area contributed by atoms with E-state index in [1.54, 1.807) is 0 Å². The van der Waals surface area contributed by atoms with Gasteiger partial charge >= 0.3 is 6.09 Å². The summed E-state index contributed by atoms with van der Waals surface area (Å²) in [7, 11) is 0. The Balaban J connectivity index is 0.00000338. The summed E-state index contributed by atoms with van der Waals surface area (Å²) in [5.74, 6) is 0.889. The van der Waals surface area contributed by atoms with Gasteiger partial charge in [0.1, 0.15) is 5.60 Å².